The maximum absolute atomic E-state index is 11.2. The summed E-state index contributed by atoms with van der Waals surface area (Å²) in [5, 5.41) is 9.24. The van der Waals surface area contributed by atoms with Gasteiger partial charge in [-0.2, -0.15) is 0 Å². The van der Waals surface area contributed by atoms with Gasteiger partial charge < -0.3 is 10.8 Å². The molecule has 0 radical (unpaired) electrons. The van der Waals surface area contributed by atoms with Crippen LogP contribution < -0.4 is 5.73 Å². The number of nitrogens with two attached hydrogens (primary N) is 1. The first kappa shape index (κ1) is 12.0. The summed E-state index contributed by atoms with van der Waals surface area (Å²) in [5.41, 5.74) is 7.54. The largest absolute Gasteiger partial charge is 0.478 e. The van der Waals surface area contributed by atoms with Crippen LogP contribution in [0.3, 0.4) is 0 Å². The van der Waals surface area contributed by atoms with Crippen molar-refractivity contribution in [1.29, 1.82) is 0 Å². The molecule has 0 amide bonds. The molecule has 1 fully saturated rings. The van der Waals surface area contributed by atoms with Crippen LogP contribution in [0.2, 0.25) is 0 Å². The molecule has 0 saturated heterocycles. The van der Waals surface area contributed by atoms with E-state index in [1.807, 2.05) is 12.1 Å². The van der Waals surface area contributed by atoms with E-state index < -0.39 is 5.97 Å². The molecule has 1 aliphatic rings. The molecule has 3 N–H and O–H groups in total. The predicted molar refractivity (Wildman–Crippen MR) is 68.3 cm³/mol. The van der Waals surface area contributed by atoms with Crippen LogP contribution in [0.15, 0.2) is 18.2 Å². The number of anilines is 1. The Morgan fingerprint density at radius 1 is 1.18 bits per heavy atom. The molecule has 1 aromatic rings. The van der Waals surface area contributed by atoms with Gasteiger partial charge in [-0.1, -0.05) is 31.7 Å². The van der Waals surface area contributed by atoms with Crippen LogP contribution >= 0.6 is 0 Å². The minimum absolute atomic E-state index is 0.386. The first-order valence-electron chi connectivity index (χ1n) is 6.31. The standard InChI is InChI=1S/C14H19NO2/c15-11-7-8-12(13(9-11)14(16)17)10-5-3-1-2-4-6-10/h7-10H,1-6,15H2,(H,16,17). The lowest BCUT2D eigenvalue weighted by molar-refractivity contribution is 0.0695. The van der Waals surface area contributed by atoms with Crippen molar-refractivity contribution in [3.8, 4) is 0 Å². The molecular formula is C14H19NO2. The Bertz CT molecular complexity index is 407. The van der Waals surface area contributed by atoms with E-state index in [-0.39, 0.29) is 0 Å². The third kappa shape index (κ3) is 2.78. The van der Waals surface area contributed by atoms with Crippen LogP contribution in [0.5, 0.6) is 0 Å². The van der Waals surface area contributed by atoms with Gasteiger partial charge in [-0.05, 0) is 36.5 Å². The molecule has 92 valence electrons. The van der Waals surface area contributed by atoms with Crippen molar-refractivity contribution in [2.45, 2.75) is 44.4 Å². The highest BCUT2D eigenvalue weighted by Crippen LogP contribution is 2.34. The number of aromatic carboxylic acids is 1. The van der Waals surface area contributed by atoms with E-state index in [2.05, 4.69) is 0 Å². The molecule has 1 aromatic carbocycles. The number of carboxylic acid groups (broad SMARTS) is 1. The average molecular weight is 233 g/mol. The lowest BCUT2D eigenvalue weighted by atomic mass is 9.88. The summed E-state index contributed by atoms with van der Waals surface area (Å²) < 4.78 is 0. The Balaban J connectivity index is 2.32. The zero-order chi connectivity index (χ0) is 12.3. The van der Waals surface area contributed by atoms with E-state index in [1.54, 1.807) is 6.07 Å². The Morgan fingerprint density at radius 2 is 1.82 bits per heavy atom. The van der Waals surface area contributed by atoms with Crippen molar-refractivity contribution in [2.24, 2.45) is 0 Å². The molecule has 2 rings (SSSR count). The van der Waals surface area contributed by atoms with Crippen LogP contribution in [0, 0.1) is 0 Å². The molecule has 3 heteroatoms. The SMILES string of the molecule is Nc1ccc(C2CCCCCC2)c(C(=O)O)c1. The molecule has 0 bridgehead atoms. The highest BCUT2D eigenvalue weighted by molar-refractivity contribution is 5.90. The van der Waals surface area contributed by atoms with E-state index in [1.165, 1.54) is 25.7 Å². The maximum Gasteiger partial charge on any atom is 0.336 e. The van der Waals surface area contributed by atoms with Gasteiger partial charge in [0.05, 0.1) is 5.56 Å². The van der Waals surface area contributed by atoms with Crippen LogP contribution in [0.1, 0.15) is 60.4 Å². The normalized spacial score (nSPS) is 17.6. The second kappa shape index (κ2) is 5.21. The monoisotopic (exact) mass is 233 g/mol. The van der Waals surface area contributed by atoms with Gasteiger partial charge in [0.25, 0.3) is 0 Å². The summed E-state index contributed by atoms with van der Waals surface area (Å²) in [6, 6.07) is 5.30. The molecule has 1 saturated carbocycles. The number of carboxylic acids is 1. The maximum atomic E-state index is 11.2. The molecule has 0 unspecified atom stereocenters. The van der Waals surface area contributed by atoms with Crippen LogP contribution in [0.4, 0.5) is 5.69 Å². The molecule has 0 aliphatic heterocycles. The number of benzene rings is 1. The summed E-state index contributed by atoms with van der Waals surface area (Å²) in [5.74, 6) is -0.472. The second-order valence-electron chi connectivity index (χ2n) is 4.84. The third-order valence-corrected chi connectivity index (χ3v) is 3.60. The summed E-state index contributed by atoms with van der Waals surface area (Å²) in [6.45, 7) is 0. The van der Waals surface area contributed by atoms with E-state index in [9.17, 15) is 9.90 Å². The Morgan fingerprint density at radius 3 is 2.41 bits per heavy atom. The van der Waals surface area contributed by atoms with Gasteiger partial charge in [0, 0.05) is 5.69 Å². The summed E-state index contributed by atoms with van der Waals surface area (Å²) >= 11 is 0. The number of hydrogen-bond donors (Lipinski definition) is 2. The molecule has 0 spiro atoms. The Kier molecular flexibility index (Phi) is 3.67. The molecule has 0 atom stereocenters. The van der Waals surface area contributed by atoms with Crippen LogP contribution in [0.25, 0.3) is 0 Å². The first-order valence-corrected chi connectivity index (χ1v) is 6.31. The lowest BCUT2D eigenvalue weighted by Crippen LogP contribution is -2.08. The van der Waals surface area contributed by atoms with Crippen LogP contribution in [-0.2, 0) is 0 Å². The van der Waals surface area contributed by atoms with Crippen molar-refractivity contribution in [3.63, 3.8) is 0 Å². The molecule has 0 heterocycles. The second-order valence-corrected chi connectivity index (χ2v) is 4.84. The van der Waals surface area contributed by atoms with Gasteiger partial charge in [-0.3, -0.25) is 0 Å². The topological polar surface area (TPSA) is 63.3 Å². The smallest absolute Gasteiger partial charge is 0.336 e. The van der Waals surface area contributed by atoms with Gasteiger partial charge in [-0.25, -0.2) is 4.79 Å². The fourth-order valence-corrected chi connectivity index (χ4v) is 2.71. The van der Waals surface area contributed by atoms with Crippen LogP contribution in [-0.4, -0.2) is 11.1 Å². The zero-order valence-electron chi connectivity index (χ0n) is 9.98. The quantitative estimate of drug-likeness (QED) is 0.607. The van der Waals surface area contributed by atoms with Crippen molar-refractivity contribution in [3.05, 3.63) is 29.3 Å². The number of hydrogen-bond acceptors (Lipinski definition) is 2. The van der Waals surface area contributed by atoms with Crippen molar-refractivity contribution in [2.75, 3.05) is 5.73 Å². The summed E-state index contributed by atoms with van der Waals surface area (Å²) in [6.07, 6.45) is 7.15. The van der Waals surface area contributed by atoms with E-state index in [4.69, 9.17) is 5.73 Å². The minimum atomic E-state index is -0.864. The highest BCUT2D eigenvalue weighted by atomic mass is 16.4. The lowest BCUT2D eigenvalue weighted by Gasteiger charge is -2.17. The average Bonchev–Trinajstić information content (AvgIpc) is 2.57. The number of carbonyl (C=O) groups is 1. The van der Waals surface area contributed by atoms with Gasteiger partial charge in [0.15, 0.2) is 0 Å². The molecule has 1 aliphatic carbocycles. The number of nitrogen functional groups attached to an aromatic ring is 1. The van der Waals surface area contributed by atoms with E-state index in [0.29, 0.717) is 17.2 Å². The Labute approximate surface area is 102 Å². The molecule has 0 aromatic heterocycles. The van der Waals surface area contributed by atoms with Crippen molar-refractivity contribution in [1.82, 2.24) is 0 Å². The van der Waals surface area contributed by atoms with Crippen molar-refractivity contribution < 1.29 is 9.90 Å². The fraction of sp³-hybridized carbons (Fsp3) is 0.500. The Hall–Kier alpha value is -1.51. The molecule has 17 heavy (non-hydrogen) atoms. The third-order valence-electron chi connectivity index (χ3n) is 3.60. The minimum Gasteiger partial charge on any atom is -0.478 e. The van der Waals surface area contributed by atoms with E-state index in [0.717, 1.165) is 18.4 Å². The van der Waals surface area contributed by atoms with Gasteiger partial charge in [0.1, 0.15) is 0 Å². The summed E-state index contributed by atoms with van der Waals surface area (Å²) in [4.78, 5) is 11.2. The number of rotatable bonds is 2. The summed E-state index contributed by atoms with van der Waals surface area (Å²) in [7, 11) is 0. The molecular weight excluding hydrogens is 214 g/mol. The van der Waals surface area contributed by atoms with Crippen molar-refractivity contribution >= 4 is 11.7 Å². The fourth-order valence-electron chi connectivity index (χ4n) is 2.71. The van der Waals surface area contributed by atoms with Gasteiger partial charge in [-0.15, -0.1) is 0 Å². The van der Waals surface area contributed by atoms with Gasteiger partial charge in [0.2, 0.25) is 0 Å². The van der Waals surface area contributed by atoms with E-state index >= 15 is 0 Å². The van der Waals surface area contributed by atoms with Gasteiger partial charge >= 0.3 is 5.97 Å². The predicted octanol–water partition coefficient (Wildman–Crippen LogP) is 3.40. The highest BCUT2D eigenvalue weighted by Gasteiger charge is 2.20. The first-order chi connectivity index (χ1) is 8.18. The zero-order valence-corrected chi connectivity index (χ0v) is 9.98. The molecule has 3 nitrogen and oxygen atoms in total.